The van der Waals surface area contributed by atoms with Crippen molar-refractivity contribution in [3.63, 3.8) is 0 Å². The Bertz CT molecular complexity index is 1740. The Morgan fingerprint density at radius 2 is 1.43 bits per heavy atom. The molecule has 0 spiro atoms. The van der Waals surface area contributed by atoms with Crippen molar-refractivity contribution in [3.05, 3.63) is 23.3 Å². The van der Waals surface area contributed by atoms with E-state index in [4.69, 9.17) is 33.2 Å². The Hall–Kier alpha value is -3.70. The fourth-order valence-corrected chi connectivity index (χ4v) is 10.5. The number of fused-ring (bicyclic) bond motifs is 5. The lowest BCUT2D eigenvalue weighted by molar-refractivity contribution is -0.323. The van der Waals surface area contributed by atoms with E-state index in [9.17, 15) is 44.1 Å². The molecule has 1 saturated heterocycles. The maximum atomic E-state index is 13.5. The third-order valence-corrected chi connectivity index (χ3v) is 13.9. The molecule has 324 valence electrons. The highest BCUT2D eigenvalue weighted by Crippen LogP contribution is 2.71. The highest BCUT2D eigenvalue weighted by atomic mass is 16.7. The van der Waals surface area contributed by atoms with Crippen molar-refractivity contribution in [2.75, 3.05) is 6.61 Å². The first-order chi connectivity index (χ1) is 26.8. The smallest absolute Gasteiger partial charge is 0.330 e. The molecule has 0 aromatic rings. The zero-order valence-corrected chi connectivity index (χ0v) is 35.2. The minimum Gasteiger partial charge on any atom is -0.463 e. The molecule has 4 aliphatic carbocycles. The number of ketones is 1. The van der Waals surface area contributed by atoms with E-state index in [1.165, 1.54) is 26.8 Å². The van der Waals surface area contributed by atoms with Crippen LogP contribution in [0.5, 0.6) is 0 Å². The van der Waals surface area contributed by atoms with Crippen molar-refractivity contribution in [1.82, 2.24) is 0 Å². The number of aliphatic hydroxyl groups is 3. The maximum absolute atomic E-state index is 13.5. The molecule has 3 saturated carbocycles. The average molecular weight is 821 g/mol. The number of allylic oxidation sites excluding steroid dienone is 1. The number of hydrogen-bond donors (Lipinski definition) is 3. The van der Waals surface area contributed by atoms with Crippen molar-refractivity contribution in [3.8, 4) is 0 Å². The number of hydrogen-bond acceptors (Lipinski definition) is 16. The van der Waals surface area contributed by atoms with Gasteiger partial charge >= 0.3 is 29.8 Å². The van der Waals surface area contributed by atoms with Gasteiger partial charge in [-0.2, -0.15) is 0 Å². The summed E-state index contributed by atoms with van der Waals surface area (Å²) in [5, 5.41) is 37.7. The quantitative estimate of drug-likeness (QED) is 0.118. The number of ether oxygens (including phenoxy) is 7. The molecule has 58 heavy (non-hydrogen) atoms. The van der Waals surface area contributed by atoms with Gasteiger partial charge in [-0.1, -0.05) is 38.0 Å². The van der Waals surface area contributed by atoms with Gasteiger partial charge < -0.3 is 48.5 Å². The lowest BCUT2D eigenvalue weighted by Crippen LogP contribution is -2.78. The summed E-state index contributed by atoms with van der Waals surface area (Å²) in [6, 6.07) is 0. The predicted octanol–water partition coefficient (Wildman–Crippen LogP) is 3.09. The van der Waals surface area contributed by atoms with Gasteiger partial charge in [0.2, 0.25) is 0 Å². The Kier molecular flexibility index (Phi) is 12.8. The molecule has 0 amide bonds. The van der Waals surface area contributed by atoms with Gasteiger partial charge in [0.1, 0.15) is 35.6 Å². The van der Waals surface area contributed by atoms with Crippen LogP contribution in [0.2, 0.25) is 0 Å². The zero-order chi connectivity index (χ0) is 43.3. The molecule has 0 unspecified atom stereocenters. The third kappa shape index (κ3) is 7.75. The first-order valence-corrected chi connectivity index (χ1v) is 20.1. The van der Waals surface area contributed by atoms with Crippen LogP contribution in [0.3, 0.4) is 0 Å². The topological polar surface area (TPSA) is 228 Å². The number of Topliss-reactive ketones (excluding diaryl/α,β-unsaturated/α-hetero) is 1. The Morgan fingerprint density at radius 3 is 2.00 bits per heavy atom. The SMILES string of the molecule is CC(=O)OC[C@@H]1O[C@H](O[C@H]2CC[C@@]3(C)C(=CC[C@]4(O)[C@@H]3C[C@@H](OC(=O)/C=C(\C)C(C)C)[C@@]3(C)[C@]4(O)CC[C@@]3(O)C(C)=O)C2)[C@@H](OC(C)=O)[C@H](OC(C)=O)[C@H]1OC(C)=O. The van der Waals surface area contributed by atoms with Gasteiger partial charge in [-0.15, -0.1) is 0 Å². The van der Waals surface area contributed by atoms with E-state index in [1.54, 1.807) is 6.92 Å². The average Bonchev–Trinajstić information content (AvgIpc) is 3.34. The van der Waals surface area contributed by atoms with Gasteiger partial charge in [-0.25, -0.2) is 4.79 Å². The second-order valence-electron chi connectivity index (χ2n) is 17.6. The summed E-state index contributed by atoms with van der Waals surface area (Å²) in [7, 11) is 0. The molecule has 5 rings (SSSR count). The number of carbonyl (C=O) groups is 6. The molecule has 13 atom stereocenters. The summed E-state index contributed by atoms with van der Waals surface area (Å²) in [4.78, 5) is 75.4. The molecule has 3 N–H and O–H groups in total. The third-order valence-electron chi connectivity index (χ3n) is 13.9. The molecule has 0 bridgehead atoms. The van der Waals surface area contributed by atoms with Crippen LogP contribution in [0.4, 0.5) is 0 Å². The Morgan fingerprint density at radius 1 is 0.828 bits per heavy atom. The molecule has 4 fully saturated rings. The summed E-state index contributed by atoms with van der Waals surface area (Å²) in [5.41, 5.74) is -6.89. The van der Waals surface area contributed by atoms with E-state index in [2.05, 4.69) is 0 Å². The molecule has 0 aromatic carbocycles. The van der Waals surface area contributed by atoms with Crippen LogP contribution in [0.1, 0.15) is 114 Å². The van der Waals surface area contributed by atoms with Crippen LogP contribution in [-0.2, 0) is 61.9 Å². The molecule has 1 heterocycles. The molecular weight excluding hydrogens is 760 g/mol. The van der Waals surface area contributed by atoms with E-state index in [1.807, 2.05) is 26.8 Å². The summed E-state index contributed by atoms with van der Waals surface area (Å²) in [6.07, 6.45) is -4.52. The van der Waals surface area contributed by atoms with E-state index in [0.717, 1.165) is 31.9 Å². The predicted molar refractivity (Wildman–Crippen MR) is 201 cm³/mol. The molecule has 5 aliphatic rings. The summed E-state index contributed by atoms with van der Waals surface area (Å²) >= 11 is 0. The van der Waals surface area contributed by atoms with Crippen LogP contribution >= 0.6 is 0 Å². The van der Waals surface area contributed by atoms with E-state index >= 15 is 0 Å². The molecule has 0 aromatic heterocycles. The zero-order valence-electron chi connectivity index (χ0n) is 35.2. The standard InChI is InChI=1S/C42H60O16/c1-21(2)22(3)17-33(48)58-32-19-31-38(9)13-12-29(18-28(38)11-14-41(31,50)42(51)16-15-40(49,23(4)43)39(32,42)10)56-37-36(55-27(8)47)35(54-26(7)46)34(53-25(6)45)30(57-37)20-52-24(5)44/h11,17,21,29-32,34-37,49-51H,12-16,18-20H2,1-10H3/b22-17+/t29-,30-,31+,32+,34-,35+,36-,37-,38-,39+,40+,41-,42+/m0/s1. The van der Waals surface area contributed by atoms with Gasteiger partial charge in [0.25, 0.3) is 0 Å². The largest absolute Gasteiger partial charge is 0.463 e. The second-order valence-corrected chi connectivity index (χ2v) is 17.6. The molecular formula is C42H60O16. The van der Waals surface area contributed by atoms with Crippen LogP contribution in [0.15, 0.2) is 23.3 Å². The first-order valence-electron chi connectivity index (χ1n) is 20.1. The highest BCUT2D eigenvalue weighted by molar-refractivity contribution is 5.87. The Labute approximate surface area is 338 Å². The van der Waals surface area contributed by atoms with Gasteiger partial charge in [0.05, 0.1) is 11.5 Å². The normalized spacial score (nSPS) is 40.9. The maximum Gasteiger partial charge on any atom is 0.330 e. The number of rotatable bonds is 11. The van der Waals surface area contributed by atoms with E-state index in [-0.39, 0.29) is 38.0 Å². The lowest BCUT2D eigenvalue weighted by Gasteiger charge is -2.67. The van der Waals surface area contributed by atoms with Crippen LogP contribution in [-0.4, -0.2) is 117 Å². The first kappa shape index (κ1) is 45.4. The number of esters is 5. The second kappa shape index (κ2) is 16.4. The lowest BCUT2D eigenvalue weighted by atomic mass is 9.42. The monoisotopic (exact) mass is 820 g/mol. The van der Waals surface area contributed by atoms with Crippen molar-refractivity contribution < 1.29 is 77.2 Å². The van der Waals surface area contributed by atoms with E-state index < -0.39 is 119 Å². The van der Waals surface area contributed by atoms with Crippen molar-refractivity contribution in [2.24, 2.45) is 22.7 Å². The summed E-state index contributed by atoms with van der Waals surface area (Å²) < 4.78 is 40.7. The molecule has 1 aliphatic heterocycles. The van der Waals surface area contributed by atoms with Gasteiger partial charge in [0, 0.05) is 39.7 Å². The Balaban J connectivity index is 1.49. The van der Waals surface area contributed by atoms with Crippen molar-refractivity contribution in [2.45, 2.75) is 174 Å². The van der Waals surface area contributed by atoms with Gasteiger partial charge in [-0.05, 0) is 77.0 Å². The van der Waals surface area contributed by atoms with Crippen LogP contribution in [0, 0.1) is 22.7 Å². The van der Waals surface area contributed by atoms with Gasteiger partial charge in [0.15, 0.2) is 30.4 Å². The minimum absolute atomic E-state index is 0.0320. The van der Waals surface area contributed by atoms with Crippen molar-refractivity contribution in [1.29, 1.82) is 0 Å². The summed E-state index contributed by atoms with van der Waals surface area (Å²) in [5.74, 6) is -4.88. The summed E-state index contributed by atoms with van der Waals surface area (Å²) in [6.45, 7) is 14.6. The minimum atomic E-state index is -2.09. The fraction of sp³-hybridized carbons (Fsp3) is 0.762. The highest BCUT2D eigenvalue weighted by Gasteiger charge is 2.81. The molecule has 0 radical (unpaired) electrons. The van der Waals surface area contributed by atoms with Crippen LogP contribution in [0.25, 0.3) is 0 Å². The number of carbonyl (C=O) groups excluding carboxylic acids is 6. The van der Waals surface area contributed by atoms with Gasteiger partial charge in [-0.3, -0.25) is 24.0 Å². The molecule has 16 heteroatoms. The van der Waals surface area contributed by atoms with Crippen molar-refractivity contribution >= 4 is 35.6 Å². The van der Waals surface area contributed by atoms with Crippen LogP contribution < -0.4 is 0 Å². The van der Waals surface area contributed by atoms with E-state index in [0.29, 0.717) is 12.8 Å². The fourth-order valence-electron chi connectivity index (χ4n) is 10.5. The molecule has 16 nitrogen and oxygen atoms in total.